The van der Waals surface area contributed by atoms with E-state index in [1.165, 1.54) is 0 Å². The van der Waals surface area contributed by atoms with Crippen LogP contribution < -0.4 is 0 Å². The molecule has 1 aliphatic rings. The summed E-state index contributed by atoms with van der Waals surface area (Å²) in [6.45, 7) is 9.28. The Balaban J connectivity index is 2.10. The molecule has 1 saturated heterocycles. The molecule has 0 atom stereocenters. The van der Waals surface area contributed by atoms with Crippen LogP contribution in [-0.4, -0.2) is 61.2 Å². The fourth-order valence-electron chi connectivity index (χ4n) is 2.90. The molecule has 0 amide bonds. The van der Waals surface area contributed by atoms with Gasteiger partial charge in [-0.15, -0.1) is 11.3 Å². The smallest absolute Gasteiger partial charge is 0.282 e. The van der Waals surface area contributed by atoms with Crippen molar-refractivity contribution in [1.82, 2.24) is 13.5 Å². The Bertz CT molecular complexity index is 536. The van der Waals surface area contributed by atoms with Gasteiger partial charge in [0.1, 0.15) is 0 Å². The molecule has 0 bridgehead atoms. The molecule has 0 aromatic carbocycles. The summed E-state index contributed by atoms with van der Waals surface area (Å²) < 4.78 is 29.4. The van der Waals surface area contributed by atoms with Crippen LogP contribution in [0.4, 0.5) is 0 Å². The highest BCUT2D eigenvalue weighted by molar-refractivity contribution is 7.86. The minimum absolute atomic E-state index is 0.484. The van der Waals surface area contributed by atoms with Gasteiger partial charge in [0.2, 0.25) is 0 Å². The molecule has 0 aliphatic carbocycles. The lowest BCUT2D eigenvalue weighted by Gasteiger charge is -2.33. The highest BCUT2D eigenvalue weighted by Gasteiger charge is 2.30. The number of likely N-dealkylation sites (N-methyl/N-ethyl adjacent to an activating group) is 1. The average molecular weight is 360 g/mol. The molecule has 5 nitrogen and oxygen atoms in total. The number of hydrogen-bond donors (Lipinski definition) is 0. The molecule has 7 heteroatoms. The van der Waals surface area contributed by atoms with E-state index in [-0.39, 0.29) is 0 Å². The number of rotatable bonds is 9. The van der Waals surface area contributed by atoms with E-state index >= 15 is 0 Å². The van der Waals surface area contributed by atoms with Crippen LogP contribution in [0.1, 0.15) is 38.0 Å². The minimum Gasteiger partial charge on any atom is -0.303 e. The Morgan fingerprint density at radius 2 is 1.83 bits per heavy atom. The molecular weight excluding hydrogens is 330 g/mol. The van der Waals surface area contributed by atoms with Gasteiger partial charge in [-0.3, -0.25) is 0 Å². The Morgan fingerprint density at radius 1 is 1.13 bits per heavy atom. The summed E-state index contributed by atoms with van der Waals surface area (Å²) in [5.74, 6) is 0. The Kier molecular flexibility index (Phi) is 7.49. The van der Waals surface area contributed by atoms with Crippen molar-refractivity contribution in [3.63, 3.8) is 0 Å². The molecule has 0 radical (unpaired) electrons. The van der Waals surface area contributed by atoms with E-state index < -0.39 is 10.2 Å². The van der Waals surface area contributed by atoms with Crippen LogP contribution in [0.25, 0.3) is 0 Å². The summed E-state index contributed by atoms with van der Waals surface area (Å²) >= 11 is 1.62. The van der Waals surface area contributed by atoms with E-state index in [9.17, 15) is 8.42 Å². The molecule has 1 aromatic heterocycles. The zero-order valence-corrected chi connectivity index (χ0v) is 15.9. The number of hydrogen-bond acceptors (Lipinski definition) is 4. The van der Waals surface area contributed by atoms with Crippen molar-refractivity contribution in [2.45, 2.75) is 39.7 Å². The minimum atomic E-state index is -3.37. The highest BCUT2D eigenvalue weighted by atomic mass is 32.2. The highest BCUT2D eigenvalue weighted by Crippen LogP contribution is 2.20. The van der Waals surface area contributed by atoms with Gasteiger partial charge in [0.05, 0.1) is 0 Å². The van der Waals surface area contributed by atoms with Crippen LogP contribution in [0.15, 0.2) is 17.5 Å². The molecule has 0 spiro atoms. The first-order valence-electron chi connectivity index (χ1n) is 8.58. The van der Waals surface area contributed by atoms with Crippen molar-refractivity contribution >= 4 is 21.5 Å². The molecular formula is C16H29N3O2S2. The predicted octanol–water partition coefficient (Wildman–Crippen LogP) is 2.62. The summed E-state index contributed by atoms with van der Waals surface area (Å²) in [4.78, 5) is 3.37. The Hall–Kier alpha value is -0.470. The van der Waals surface area contributed by atoms with Crippen LogP contribution in [0.2, 0.25) is 0 Å². The van der Waals surface area contributed by atoms with Crippen molar-refractivity contribution in [1.29, 1.82) is 0 Å². The third kappa shape index (κ3) is 5.26. The SMILES string of the molecule is CCN(CC)CCN(Cc1cccs1)S(=O)(=O)N1CCCCC1. The largest absolute Gasteiger partial charge is 0.303 e. The first-order chi connectivity index (χ1) is 11.1. The van der Waals surface area contributed by atoms with Gasteiger partial charge in [0.25, 0.3) is 10.2 Å². The van der Waals surface area contributed by atoms with Crippen molar-refractivity contribution in [3.05, 3.63) is 22.4 Å². The molecule has 23 heavy (non-hydrogen) atoms. The van der Waals surface area contributed by atoms with Crippen molar-refractivity contribution in [3.8, 4) is 0 Å². The van der Waals surface area contributed by atoms with E-state index in [2.05, 4.69) is 18.7 Å². The monoisotopic (exact) mass is 359 g/mol. The molecule has 0 saturated carbocycles. The van der Waals surface area contributed by atoms with Crippen molar-refractivity contribution < 1.29 is 8.42 Å². The summed E-state index contributed by atoms with van der Waals surface area (Å²) in [7, 11) is -3.37. The average Bonchev–Trinajstić information content (AvgIpc) is 3.08. The summed E-state index contributed by atoms with van der Waals surface area (Å²) in [5.41, 5.74) is 0. The van der Waals surface area contributed by atoms with E-state index in [0.717, 1.165) is 43.8 Å². The van der Waals surface area contributed by atoms with Gasteiger partial charge in [-0.05, 0) is 37.4 Å². The standard InChI is InChI=1S/C16H29N3O2S2/c1-3-17(4-2)12-13-19(15-16-9-8-14-22-16)23(20,21)18-10-6-5-7-11-18/h8-9,14H,3-7,10-13,15H2,1-2H3. The lowest BCUT2D eigenvalue weighted by molar-refractivity contribution is 0.252. The van der Waals surface area contributed by atoms with Crippen LogP contribution in [0.3, 0.4) is 0 Å². The summed E-state index contributed by atoms with van der Waals surface area (Å²) in [6, 6.07) is 4.00. The maximum atomic E-state index is 13.0. The Morgan fingerprint density at radius 3 is 2.39 bits per heavy atom. The van der Waals surface area contributed by atoms with E-state index in [0.29, 0.717) is 26.2 Å². The second kappa shape index (κ2) is 9.13. The van der Waals surface area contributed by atoms with Crippen LogP contribution in [0, 0.1) is 0 Å². The lowest BCUT2D eigenvalue weighted by atomic mass is 10.2. The normalized spacial score (nSPS) is 17.2. The molecule has 2 heterocycles. The van der Waals surface area contributed by atoms with Gasteiger partial charge in [0, 0.05) is 37.6 Å². The number of piperidine rings is 1. The molecule has 1 aromatic rings. The van der Waals surface area contributed by atoms with E-state index in [1.54, 1.807) is 19.9 Å². The van der Waals surface area contributed by atoms with Gasteiger partial charge in [-0.25, -0.2) is 0 Å². The predicted molar refractivity (Wildman–Crippen MR) is 96.9 cm³/mol. The van der Waals surface area contributed by atoms with Gasteiger partial charge >= 0.3 is 0 Å². The second-order valence-corrected chi connectivity index (χ2v) is 8.87. The Labute approximate surface area is 145 Å². The van der Waals surface area contributed by atoms with Gasteiger partial charge < -0.3 is 4.90 Å². The summed E-state index contributed by atoms with van der Waals surface area (Å²) in [6.07, 6.45) is 3.08. The lowest BCUT2D eigenvalue weighted by Crippen LogP contribution is -2.47. The molecule has 0 unspecified atom stereocenters. The van der Waals surface area contributed by atoms with Crippen LogP contribution >= 0.6 is 11.3 Å². The zero-order chi connectivity index (χ0) is 16.7. The molecule has 1 aliphatic heterocycles. The van der Waals surface area contributed by atoms with Crippen LogP contribution in [0.5, 0.6) is 0 Å². The molecule has 2 rings (SSSR count). The zero-order valence-electron chi connectivity index (χ0n) is 14.3. The van der Waals surface area contributed by atoms with E-state index in [4.69, 9.17) is 0 Å². The quantitative estimate of drug-likeness (QED) is 0.681. The van der Waals surface area contributed by atoms with Crippen molar-refractivity contribution in [2.75, 3.05) is 39.3 Å². The first-order valence-corrected chi connectivity index (χ1v) is 10.9. The van der Waals surface area contributed by atoms with Crippen LogP contribution in [-0.2, 0) is 16.8 Å². The summed E-state index contributed by atoms with van der Waals surface area (Å²) in [5, 5.41) is 2.01. The number of thiophene rings is 1. The van der Waals surface area contributed by atoms with Gasteiger partial charge in [-0.2, -0.15) is 17.0 Å². The van der Waals surface area contributed by atoms with Crippen molar-refractivity contribution in [2.24, 2.45) is 0 Å². The van der Waals surface area contributed by atoms with E-state index in [1.807, 2.05) is 17.5 Å². The maximum Gasteiger partial charge on any atom is 0.282 e. The fraction of sp³-hybridized carbons (Fsp3) is 0.750. The molecule has 1 fully saturated rings. The third-order valence-electron chi connectivity index (χ3n) is 4.44. The second-order valence-electron chi connectivity index (χ2n) is 5.91. The molecule has 0 N–H and O–H groups in total. The fourth-order valence-corrected chi connectivity index (χ4v) is 5.37. The number of nitrogens with zero attached hydrogens (tertiary/aromatic N) is 3. The third-order valence-corrected chi connectivity index (χ3v) is 7.28. The maximum absolute atomic E-state index is 13.0. The first kappa shape index (κ1) is 18.9. The topological polar surface area (TPSA) is 43.9 Å². The molecule has 132 valence electrons. The van der Waals surface area contributed by atoms with Gasteiger partial charge in [0.15, 0.2) is 0 Å². The van der Waals surface area contributed by atoms with Gasteiger partial charge in [-0.1, -0.05) is 26.3 Å².